The lowest BCUT2D eigenvalue weighted by Crippen LogP contribution is -2.45. The highest BCUT2D eigenvalue weighted by atomic mass is 32.1. The Labute approximate surface area is 106 Å². The molecule has 0 aliphatic rings. The van der Waals surface area contributed by atoms with Gasteiger partial charge in [-0.3, -0.25) is 9.69 Å². The fourth-order valence-corrected chi connectivity index (χ4v) is 2.62. The van der Waals surface area contributed by atoms with Gasteiger partial charge in [-0.2, -0.15) is 0 Å². The normalized spacial score (nSPS) is 12.3. The molecule has 0 N–H and O–H groups in total. The Bertz CT molecular complexity index is 554. The molecular weight excluding hydrogens is 230 g/mol. The average molecular weight is 247 g/mol. The largest absolute Gasteiger partial charge is 0.297 e. The van der Waals surface area contributed by atoms with E-state index in [1.54, 1.807) is 11.3 Å². The number of carbonyl (C=O) groups is 1. The van der Waals surface area contributed by atoms with E-state index in [1.807, 2.05) is 56.4 Å². The van der Waals surface area contributed by atoms with Crippen molar-refractivity contribution in [1.29, 1.82) is 0 Å². The number of thiophene rings is 1. The van der Waals surface area contributed by atoms with Gasteiger partial charge in [-0.05, 0) is 50.8 Å². The quantitative estimate of drug-likeness (QED) is 0.775. The van der Waals surface area contributed by atoms with E-state index in [2.05, 4.69) is 6.07 Å². The maximum atomic E-state index is 12.6. The molecular formula is C14H17NOS. The lowest BCUT2D eigenvalue weighted by molar-refractivity contribution is 0.0757. The summed E-state index contributed by atoms with van der Waals surface area (Å²) in [5.41, 5.74) is 0.356. The van der Waals surface area contributed by atoms with Crippen molar-refractivity contribution < 1.29 is 4.79 Å². The Hall–Kier alpha value is -1.19. The first-order valence-electron chi connectivity index (χ1n) is 5.63. The highest BCUT2D eigenvalue weighted by Crippen LogP contribution is 2.28. The van der Waals surface area contributed by atoms with Crippen LogP contribution in [0.3, 0.4) is 0 Å². The molecule has 0 aliphatic carbocycles. The minimum absolute atomic E-state index is 0.176. The standard InChI is InChI=1S/C14H17NOS/c1-14(2,15(3)4)13(16)11-7-5-6-10-8-9-17-12(10)11/h5-9H,1-4H3. The van der Waals surface area contributed by atoms with Crippen LogP contribution in [0.4, 0.5) is 0 Å². The highest BCUT2D eigenvalue weighted by molar-refractivity contribution is 7.17. The molecule has 3 heteroatoms. The van der Waals surface area contributed by atoms with E-state index in [1.165, 1.54) is 0 Å². The van der Waals surface area contributed by atoms with Gasteiger partial charge in [-0.15, -0.1) is 11.3 Å². The van der Waals surface area contributed by atoms with Gasteiger partial charge < -0.3 is 0 Å². The van der Waals surface area contributed by atoms with Gasteiger partial charge in [-0.25, -0.2) is 0 Å². The van der Waals surface area contributed by atoms with Crippen molar-refractivity contribution in [2.24, 2.45) is 0 Å². The van der Waals surface area contributed by atoms with Crippen LogP contribution in [0.5, 0.6) is 0 Å². The zero-order chi connectivity index (χ0) is 12.6. The summed E-state index contributed by atoms with van der Waals surface area (Å²) in [5, 5.41) is 3.18. The van der Waals surface area contributed by atoms with E-state index in [4.69, 9.17) is 0 Å². The minimum atomic E-state index is -0.474. The Morgan fingerprint density at radius 3 is 2.59 bits per heavy atom. The van der Waals surface area contributed by atoms with Crippen molar-refractivity contribution in [2.75, 3.05) is 14.1 Å². The van der Waals surface area contributed by atoms with E-state index in [0.717, 1.165) is 15.6 Å². The Balaban J connectivity index is 2.54. The first-order valence-corrected chi connectivity index (χ1v) is 6.51. The fourth-order valence-electron chi connectivity index (χ4n) is 1.70. The summed E-state index contributed by atoms with van der Waals surface area (Å²) in [6, 6.07) is 7.98. The van der Waals surface area contributed by atoms with Gasteiger partial charge in [0.1, 0.15) is 0 Å². The molecule has 0 radical (unpaired) electrons. The van der Waals surface area contributed by atoms with Gasteiger partial charge in [0.25, 0.3) is 0 Å². The average Bonchev–Trinajstić information content (AvgIpc) is 2.75. The van der Waals surface area contributed by atoms with Gasteiger partial charge in [0, 0.05) is 10.3 Å². The van der Waals surface area contributed by atoms with Crippen molar-refractivity contribution in [3.05, 3.63) is 35.2 Å². The van der Waals surface area contributed by atoms with Crippen LogP contribution in [0.1, 0.15) is 24.2 Å². The van der Waals surface area contributed by atoms with Crippen molar-refractivity contribution in [2.45, 2.75) is 19.4 Å². The molecule has 0 spiro atoms. The fraction of sp³-hybridized carbons (Fsp3) is 0.357. The molecule has 0 atom stereocenters. The lowest BCUT2D eigenvalue weighted by Gasteiger charge is -2.31. The number of fused-ring (bicyclic) bond motifs is 1. The zero-order valence-corrected chi connectivity index (χ0v) is 11.5. The number of rotatable bonds is 3. The minimum Gasteiger partial charge on any atom is -0.297 e. The summed E-state index contributed by atoms with van der Waals surface area (Å²) in [7, 11) is 3.87. The van der Waals surface area contributed by atoms with Crippen LogP contribution >= 0.6 is 11.3 Å². The van der Waals surface area contributed by atoms with Gasteiger partial charge in [0.2, 0.25) is 0 Å². The number of likely N-dealkylation sites (N-methyl/N-ethyl adjacent to an activating group) is 1. The molecule has 0 unspecified atom stereocenters. The van der Waals surface area contributed by atoms with Gasteiger partial charge in [-0.1, -0.05) is 12.1 Å². The molecule has 17 heavy (non-hydrogen) atoms. The summed E-state index contributed by atoms with van der Waals surface area (Å²) in [4.78, 5) is 14.5. The Kier molecular flexibility index (Phi) is 3.06. The summed E-state index contributed by atoms with van der Waals surface area (Å²) >= 11 is 1.63. The molecule has 2 nitrogen and oxygen atoms in total. The lowest BCUT2D eigenvalue weighted by atomic mass is 9.91. The number of hydrogen-bond acceptors (Lipinski definition) is 3. The second-order valence-corrected chi connectivity index (χ2v) is 5.84. The van der Waals surface area contributed by atoms with Gasteiger partial charge in [0.15, 0.2) is 5.78 Å². The molecule has 0 aliphatic heterocycles. The van der Waals surface area contributed by atoms with E-state index in [-0.39, 0.29) is 5.78 Å². The molecule has 1 heterocycles. The number of ketones is 1. The summed E-state index contributed by atoms with van der Waals surface area (Å²) < 4.78 is 1.09. The number of hydrogen-bond donors (Lipinski definition) is 0. The molecule has 2 aromatic rings. The van der Waals surface area contributed by atoms with Crippen LogP contribution in [0, 0.1) is 0 Å². The predicted molar refractivity (Wildman–Crippen MR) is 73.9 cm³/mol. The Morgan fingerprint density at radius 1 is 1.24 bits per heavy atom. The molecule has 90 valence electrons. The smallest absolute Gasteiger partial charge is 0.183 e. The molecule has 1 aromatic carbocycles. The van der Waals surface area contributed by atoms with Crippen LogP contribution in [0.25, 0.3) is 10.1 Å². The van der Waals surface area contributed by atoms with Crippen molar-refractivity contribution in [1.82, 2.24) is 4.90 Å². The summed E-state index contributed by atoms with van der Waals surface area (Å²) in [5.74, 6) is 0.176. The molecule has 0 fully saturated rings. The molecule has 2 rings (SSSR count). The molecule has 0 saturated heterocycles. The first-order chi connectivity index (χ1) is 7.94. The third-order valence-electron chi connectivity index (χ3n) is 3.40. The number of nitrogens with zero attached hydrogens (tertiary/aromatic N) is 1. The van der Waals surface area contributed by atoms with Crippen molar-refractivity contribution in [3.63, 3.8) is 0 Å². The van der Waals surface area contributed by atoms with E-state index >= 15 is 0 Å². The monoisotopic (exact) mass is 247 g/mol. The molecule has 1 aromatic heterocycles. The SMILES string of the molecule is CN(C)C(C)(C)C(=O)c1cccc2ccsc12. The third kappa shape index (κ3) is 2.01. The Morgan fingerprint density at radius 2 is 1.94 bits per heavy atom. The molecule has 0 saturated carbocycles. The summed E-state index contributed by atoms with van der Waals surface area (Å²) in [6.45, 7) is 3.92. The highest BCUT2D eigenvalue weighted by Gasteiger charge is 2.31. The topological polar surface area (TPSA) is 20.3 Å². The first kappa shape index (κ1) is 12.3. The van der Waals surface area contributed by atoms with Crippen LogP contribution in [0.2, 0.25) is 0 Å². The van der Waals surface area contributed by atoms with Crippen LogP contribution in [0.15, 0.2) is 29.6 Å². The van der Waals surface area contributed by atoms with Crippen LogP contribution < -0.4 is 0 Å². The zero-order valence-electron chi connectivity index (χ0n) is 10.7. The van der Waals surface area contributed by atoms with Crippen LogP contribution in [-0.4, -0.2) is 30.3 Å². The molecule has 0 bridgehead atoms. The van der Waals surface area contributed by atoms with Crippen LogP contribution in [-0.2, 0) is 0 Å². The number of carbonyl (C=O) groups excluding carboxylic acids is 1. The van der Waals surface area contributed by atoms with E-state index in [9.17, 15) is 4.79 Å². The maximum Gasteiger partial charge on any atom is 0.183 e. The van der Waals surface area contributed by atoms with E-state index < -0.39 is 5.54 Å². The number of Topliss-reactive ketones (excluding diaryl/α,β-unsaturated/α-hetero) is 1. The number of benzene rings is 1. The van der Waals surface area contributed by atoms with E-state index in [0.29, 0.717) is 0 Å². The second-order valence-electron chi connectivity index (χ2n) is 4.93. The van der Waals surface area contributed by atoms with Crippen molar-refractivity contribution in [3.8, 4) is 0 Å². The summed E-state index contributed by atoms with van der Waals surface area (Å²) in [6.07, 6.45) is 0. The third-order valence-corrected chi connectivity index (χ3v) is 4.36. The van der Waals surface area contributed by atoms with Gasteiger partial charge >= 0.3 is 0 Å². The maximum absolute atomic E-state index is 12.6. The van der Waals surface area contributed by atoms with Crippen molar-refractivity contribution >= 4 is 27.2 Å². The molecule has 0 amide bonds. The second kappa shape index (κ2) is 4.24. The van der Waals surface area contributed by atoms with Gasteiger partial charge in [0.05, 0.1) is 5.54 Å². The predicted octanol–water partition coefficient (Wildman–Crippen LogP) is 3.42.